The Morgan fingerprint density at radius 1 is 1.52 bits per heavy atom. The standard InChI is InChI=1S/C15H21N3O4S/c1-10(2)15(4,9-16)17-12(19)7-22-13(20)5-6-18-11(3)8-23-14(18)21/h8,10H,5-7H2,1-4H3,(H,17,19)/t15-/m0/s1. The summed E-state index contributed by atoms with van der Waals surface area (Å²) in [6.07, 6.45) is 0.00442. The van der Waals surface area contributed by atoms with Crippen molar-refractivity contribution in [3.63, 3.8) is 0 Å². The lowest BCUT2D eigenvalue weighted by atomic mass is 9.90. The lowest BCUT2D eigenvalue weighted by Crippen LogP contribution is -2.50. The van der Waals surface area contributed by atoms with E-state index in [-0.39, 0.29) is 23.8 Å². The number of aryl methyl sites for hydroxylation is 1. The van der Waals surface area contributed by atoms with Crippen LogP contribution in [0.5, 0.6) is 0 Å². The topological polar surface area (TPSA) is 101 Å². The number of aromatic nitrogens is 1. The minimum atomic E-state index is -1.01. The van der Waals surface area contributed by atoms with Crippen LogP contribution in [0.1, 0.15) is 32.9 Å². The molecule has 0 aliphatic carbocycles. The molecule has 1 atom stereocenters. The predicted molar refractivity (Wildman–Crippen MR) is 85.9 cm³/mol. The van der Waals surface area contributed by atoms with Gasteiger partial charge in [-0.3, -0.25) is 14.4 Å². The quantitative estimate of drug-likeness (QED) is 0.752. The molecular weight excluding hydrogens is 318 g/mol. The summed E-state index contributed by atoms with van der Waals surface area (Å²) in [6, 6.07) is 2.04. The minimum Gasteiger partial charge on any atom is -0.456 e. The van der Waals surface area contributed by atoms with E-state index in [0.717, 1.165) is 17.0 Å². The maximum atomic E-state index is 11.8. The first-order chi connectivity index (χ1) is 10.7. The molecule has 0 aliphatic rings. The Labute approximate surface area is 138 Å². The molecular formula is C15H21N3O4S. The van der Waals surface area contributed by atoms with Gasteiger partial charge in [0.1, 0.15) is 5.54 Å². The number of rotatable bonds is 7. The molecule has 0 fully saturated rings. The lowest BCUT2D eigenvalue weighted by Gasteiger charge is -2.27. The molecule has 8 heteroatoms. The summed E-state index contributed by atoms with van der Waals surface area (Å²) in [5.41, 5.74) is -0.225. The van der Waals surface area contributed by atoms with Gasteiger partial charge in [-0.15, -0.1) is 0 Å². The van der Waals surface area contributed by atoms with Gasteiger partial charge in [0.25, 0.3) is 5.91 Å². The maximum absolute atomic E-state index is 11.8. The number of hydrogen-bond acceptors (Lipinski definition) is 6. The van der Waals surface area contributed by atoms with Crippen molar-refractivity contribution in [2.75, 3.05) is 6.61 Å². The van der Waals surface area contributed by atoms with Gasteiger partial charge in [0.15, 0.2) is 6.61 Å². The molecule has 23 heavy (non-hydrogen) atoms. The van der Waals surface area contributed by atoms with Crippen LogP contribution in [0.25, 0.3) is 0 Å². The normalized spacial score (nSPS) is 13.2. The van der Waals surface area contributed by atoms with Crippen LogP contribution < -0.4 is 10.2 Å². The fourth-order valence-electron chi connectivity index (χ4n) is 1.72. The maximum Gasteiger partial charge on any atom is 0.308 e. The van der Waals surface area contributed by atoms with E-state index in [1.807, 2.05) is 19.9 Å². The Bertz CT molecular complexity index is 671. The van der Waals surface area contributed by atoms with Crippen LogP contribution in [0.4, 0.5) is 0 Å². The van der Waals surface area contributed by atoms with Gasteiger partial charge in [-0.25, -0.2) is 0 Å². The molecule has 0 aliphatic heterocycles. The van der Waals surface area contributed by atoms with Crippen molar-refractivity contribution in [1.82, 2.24) is 9.88 Å². The van der Waals surface area contributed by atoms with Crippen molar-refractivity contribution in [1.29, 1.82) is 5.26 Å². The molecule has 1 heterocycles. The molecule has 0 bridgehead atoms. The van der Waals surface area contributed by atoms with Gasteiger partial charge < -0.3 is 14.6 Å². The zero-order valence-electron chi connectivity index (χ0n) is 13.7. The third-order valence-electron chi connectivity index (χ3n) is 3.67. The summed E-state index contributed by atoms with van der Waals surface area (Å²) in [5, 5.41) is 13.4. The van der Waals surface area contributed by atoms with Crippen LogP contribution in [0.2, 0.25) is 0 Å². The molecule has 1 aromatic rings. The van der Waals surface area contributed by atoms with E-state index in [9.17, 15) is 14.4 Å². The number of thiazole rings is 1. The second-order valence-electron chi connectivity index (χ2n) is 5.72. The largest absolute Gasteiger partial charge is 0.456 e. The minimum absolute atomic E-state index is 0.00442. The van der Waals surface area contributed by atoms with Crippen molar-refractivity contribution in [2.24, 2.45) is 5.92 Å². The molecule has 126 valence electrons. The number of carbonyl (C=O) groups excluding carboxylic acids is 2. The van der Waals surface area contributed by atoms with Crippen LogP contribution in [0, 0.1) is 24.2 Å². The summed E-state index contributed by atoms with van der Waals surface area (Å²) >= 11 is 1.07. The molecule has 0 unspecified atom stereocenters. The molecule has 1 amide bonds. The van der Waals surface area contributed by atoms with Gasteiger partial charge >= 0.3 is 10.8 Å². The number of carbonyl (C=O) groups is 2. The Kier molecular flexibility index (Phi) is 6.51. The van der Waals surface area contributed by atoms with Gasteiger partial charge in [0, 0.05) is 17.6 Å². The second-order valence-corrected chi connectivity index (χ2v) is 6.54. The fraction of sp³-hybridized carbons (Fsp3) is 0.600. The molecule has 0 saturated heterocycles. The first-order valence-electron chi connectivity index (χ1n) is 7.22. The first kappa shape index (κ1) is 18.9. The summed E-state index contributed by atoms with van der Waals surface area (Å²) in [4.78, 5) is 34.8. The van der Waals surface area contributed by atoms with E-state index in [4.69, 9.17) is 10.00 Å². The highest BCUT2D eigenvalue weighted by molar-refractivity contribution is 7.07. The van der Waals surface area contributed by atoms with Gasteiger partial charge in [-0.05, 0) is 19.8 Å². The van der Waals surface area contributed by atoms with Gasteiger partial charge in [-0.2, -0.15) is 5.26 Å². The zero-order valence-corrected chi connectivity index (χ0v) is 14.5. The van der Waals surface area contributed by atoms with E-state index in [1.54, 1.807) is 19.2 Å². The third-order valence-corrected chi connectivity index (χ3v) is 4.55. The molecule has 0 radical (unpaired) electrons. The predicted octanol–water partition coefficient (Wildman–Crippen LogP) is 1.21. The number of esters is 1. The number of nitriles is 1. The average molecular weight is 339 g/mol. The SMILES string of the molecule is Cc1csc(=O)n1CCC(=O)OCC(=O)N[C@@](C)(C#N)C(C)C. The number of hydrogen-bond donors (Lipinski definition) is 1. The fourth-order valence-corrected chi connectivity index (χ4v) is 2.48. The summed E-state index contributed by atoms with van der Waals surface area (Å²) in [7, 11) is 0. The molecule has 1 N–H and O–H groups in total. The van der Waals surface area contributed by atoms with Crippen LogP contribution >= 0.6 is 11.3 Å². The summed E-state index contributed by atoms with van der Waals surface area (Å²) in [6.45, 7) is 6.80. The van der Waals surface area contributed by atoms with E-state index in [2.05, 4.69) is 5.32 Å². The van der Waals surface area contributed by atoms with Crippen LogP contribution in [0.3, 0.4) is 0 Å². The van der Waals surface area contributed by atoms with Crippen molar-refractivity contribution in [2.45, 2.75) is 46.2 Å². The molecule has 0 saturated carbocycles. The van der Waals surface area contributed by atoms with E-state index < -0.39 is 24.0 Å². The highest BCUT2D eigenvalue weighted by Crippen LogP contribution is 2.14. The summed E-state index contributed by atoms with van der Waals surface area (Å²) < 4.78 is 6.36. The molecule has 1 rings (SSSR count). The monoisotopic (exact) mass is 339 g/mol. The first-order valence-corrected chi connectivity index (χ1v) is 8.10. The van der Waals surface area contributed by atoms with Crippen LogP contribution in [-0.4, -0.2) is 28.6 Å². The molecule has 0 aromatic carbocycles. The van der Waals surface area contributed by atoms with Crippen molar-refractivity contribution >= 4 is 23.2 Å². The number of nitrogens with zero attached hydrogens (tertiary/aromatic N) is 2. The number of amides is 1. The Morgan fingerprint density at radius 3 is 2.65 bits per heavy atom. The Morgan fingerprint density at radius 2 is 2.17 bits per heavy atom. The lowest BCUT2D eigenvalue weighted by molar-refractivity contribution is -0.149. The van der Waals surface area contributed by atoms with Gasteiger partial charge in [0.05, 0.1) is 12.5 Å². The van der Waals surface area contributed by atoms with Crippen molar-refractivity contribution in [3.8, 4) is 6.07 Å². The Hall–Kier alpha value is -2.14. The van der Waals surface area contributed by atoms with E-state index >= 15 is 0 Å². The van der Waals surface area contributed by atoms with E-state index in [1.165, 1.54) is 4.57 Å². The highest BCUT2D eigenvalue weighted by Gasteiger charge is 2.30. The highest BCUT2D eigenvalue weighted by atomic mass is 32.1. The second kappa shape index (κ2) is 7.92. The number of nitrogens with one attached hydrogen (secondary N) is 1. The smallest absolute Gasteiger partial charge is 0.308 e. The van der Waals surface area contributed by atoms with Crippen LogP contribution in [0.15, 0.2) is 10.2 Å². The van der Waals surface area contributed by atoms with Crippen molar-refractivity contribution in [3.05, 3.63) is 20.7 Å². The van der Waals surface area contributed by atoms with Crippen LogP contribution in [-0.2, 0) is 20.9 Å². The van der Waals surface area contributed by atoms with E-state index in [0.29, 0.717) is 0 Å². The molecule has 0 spiro atoms. The van der Waals surface area contributed by atoms with Gasteiger partial charge in [0.2, 0.25) is 0 Å². The molecule has 7 nitrogen and oxygen atoms in total. The van der Waals surface area contributed by atoms with Crippen molar-refractivity contribution < 1.29 is 14.3 Å². The zero-order chi connectivity index (χ0) is 17.6. The molecule has 1 aromatic heterocycles. The average Bonchev–Trinajstić information content (AvgIpc) is 2.81. The number of ether oxygens (including phenoxy) is 1. The Balaban J connectivity index is 2.43. The third kappa shape index (κ3) is 5.21. The van der Waals surface area contributed by atoms with Gasteiger partial charge in [-0.1, -0.05) is 25.2 Å². The summed E-state index contributed by atoms with van der Waals surface area (Å²) in [5.74, 6) is -1.18.